The van der Waals surface area contributed by atoms with Crippen LogP contribution >= 0.6 is 0 Å². The average molecular weight is 245 g/mol. The van der Waals surface area contributed by atoms with Crippen molar-refractivity contribution in [2.75, 3.05) is 0 Å². The highest BCUT2D eigenvalue weighted by atomic mass is 16.1. The quantitative estimate of drug-likeness (QED) is 0.884. The number of ketones is 2. The number of carbonyl (C=O) groups excluding carboxylic acids is 2. The molecule has 3 nitrogen and oxygen atoms in total. The van der Waals surface area contributed by atoms with Crippen molar-refractivity contribution in [1.82, 2.24) is 6.15 Å². The van der Waals surface area contributed by atoms with Gasteiger partial charge in [0.1, 0.15) is 0 Å². The van der Waals surface area contributed by atoms with Gasteiger partial charge < -0.3 is 6.15 Å². The van der Waals surface area contributed by atoms with Crippen molar-refractivity contribution in [3.63, 3.8) is 0 Å². The zero-order valence-electron chi connectivity index (χ0n) is 10.9. The molecule has 1 aromatic rings. The molecule has 0 aliphatic heterocycles. The predicted octanol–water partition coefficient (Wildman–Crippen LogP) is 3.59. The maximum atomic E-state index is 12.3. The van der Waals surface area contributed by atoms with E-state index in [4.69, 9.17) is 0 Å². The Bertz CT molecular complexity index is 499. The zero-order chi connectivity index (χ0) is 12.4. The van der Waals surface area contributed by atoms with Gasteiger partial charge in [-0.2, -0.15) is 0 Å². The summed E-state index contributed by atoms with van der Waals surface area (Å²) in [5, 5.41) is 0. The largest absolute Gasteiger partial charge is 0.344 e. The molecule has 2 rings (SSSR count). The van der Waals surface area contributed by atoms with Gasteiger partial charge in [0.25, 0.3) is 0 Å². The number of hydrogen-bond donors (Lipinski definition) is 1. The molecule has 0 bridgehead atoms. The minimum absolute atomic E-state index is 0. The molecule has 0 saturated heterocycles. The standard InChI is InChI=1S/C15H16O2.H3N/c1-3-10(4-2)13-9-14(16)11-7-5-6-8-12(11)15(13)17;/h5-10H,3-4H2,1-2H3;1H3. The van der Waals surface area contributed by atoms with Gasteiger partial charge in [-0.1, -0.05) is 38.1 Å². The molecule has 18 heavy (non-hydrogen) atoms. The van der Waals surface area contributed by atoms with Crippen molar-refractivity contribution in [2.45, 2.75) is 26.7 Å². The fourth-order valence-electron chi connectivity index (χ4n) is 2.37. The molecular weight excluding hydrogens is 226 g/mol. The Kier molecular flexibility index (Phi) is 4.56. The SMILES string of the molecule is CCC(CC)C1=CC(=O)c2ccccc2C1=O.N. The summed E-state index contributed by atoms with van der Waals surface area (Å²) in [6, 6.07) is 7.06. The highest BCUT2D eigenvalue weighted by Crippen LogP contribution is 2.28. The summed E-state index contributed by atoms with van der Waals surface area (Å²) < 4.78 is 0. The summed E-state index contributed by atoms with van der Waals surface area (Å²) in [6.07, 6.45) is 3.31. The molecule has 0 atom stereocenters. The molecule has 1 aromatic carbocycles. The number of hydrogen-bond acceptors (Lipinski definition) is 3. The van der Waals surface area contributed by atoms with Crippen LogP contribution in [0.5, 0.6) is 0 Å². The van der Waals surface area contributed by atoms with E-state index in [1.54, 1.807) is 24.3 Å². The number of allylic oxidation sites excluding steroid dienone is 2. The summed E-state index contributed by atoms with van der Waals surface area (Å²) in [4.78, 5) is 24.3. The van der Waals surface area contributed by atoms with Crippen molar-refractivity contribution in [2.24, 2.45) is 5.92 Å². The topological polar surface area (TPSA) is 69.1 Å². The Morgan fingerprint density at radius 1 is 1.00 bits per heavy atom. The fraction of sp³-hybridized carbons (Fsp3) is 0.333. The van der Waals surface area contributed by atoms with E-state index in [0.29, 0.717) is 16.7 Å². The average Bonchev–Trinajstić information content (AvgIpc) is 2.37. The highest BCUT2D eigenvalue weighted by molar-refractivity contribution is 6.24. The second kappa shape index (κ2) is 5.74. The van der Waals surface area contributed by atoms with Crippen LogP contribution in [0.2, 0.25) is 0 Å². The molecule has 0 amide bonds. The van der Waals surface area contributed by atoms with E-state index in [-0.39, 0.29) is 23.6 Å². The van der Waals surface area contributed by atoms with Crippen molar-refractivity contribution in [1.29, 1.82) is 0 Å². The van der Waals surface area contributed by atoms with E-state index in [9.17, 15) is 9.59 Å². The molecule has 0 spiro atoms. The minimum atomic E-state index is -0.0397. The molecule has 3 N–H and O–H groups in total. The molecule has 96 valence electrons. The molecule has 1 aliphatic rings. The van der Waals surface area contributed by atoms with Gasteiger partial charge in [-0.25, -0.2) is 0 Å². The number of fused-ring (bicyclic) bond motifs is 1. The third-order valence-electron chi connectivity index (χ3n) is 3.41. The third kappa shape index (κ3) is 2.27. The first kappa shape index (κ1) is 14.3. The lowest BCUT2D eigenvalue weighted by Crippen LogP contribution is -2.21. The van der Waals surface area contributed by atoms with Crippen molar-refractivity contribution < 1.29 is 9.59 Å². The van der Waals surface area contributed by atoms with Crippen molar-refractivity contribution in [3.8, 4) is 0 Å². The van der Waals surface area contributed by atoms with E-state index in [1.165, 1.54) is 6.08 Å². The van der Waals surface area contributed by atoms with Gasteiger partial charge in [-0.15, -0.1) is 0 Å². The molecule has 3 heteroatoms. The monoisotopic (exact) mass is 245 g/mol. The van der Waals surface area contributed by atoms with Crippen LogP contribution in [0.1, 0.15) is 47.4 Å². The first-order valence-electron chi connectivity index (χ1n) is 6.08. The van der Waals surface area contributed by atoms with E-state index >= 15 is 0 Å². The first-order chi connectivity index (χ1) is 8.19. The normalized spacial score (nSPS) is 14.1. The maximum Gasteiger partial charge on any atom is 0.190 e. The Balaban J connectivity index is 0.00000162. The first-order valence-corrected chi connectivity index (χ1v) is 6.08. The van der Waals surface area contributed by atoms with E-state index in [2.05, 4.69) is 0 Å². The van der Waals surface area contributed by atoms with Gasteiger partial charge in [0.2, 0.25) is 0 Å². The summed E-state index contributed by atoms with van der Waals surface area (Å²) in [5.41, 5.74) is 1.77. The summed E-state index contributed by atoms with van der Waals surface area (Å²) in [5.74, 6) is 0.177. The number of benzene rings is 1. The second-order valence-electron chi connectivity index (χ2n) is 4.35. The Labute approximate surface area is 107 Å². The molecule has 1 aliphatic carbocycles. The van der Waals surface area contributed by atoms with Crippen LogP contribution in [0.4, 0.5) is 0 Å². The lowest BCUT2D eigenvalue weighted by atomic mass is 9.81. The van der Waals surface area contributed by atoms with Crippen molar-refractivity contribution >= 4 is 11.6 Å². The number of carbonyl (C=O) groups is 2. The predicted molar refractivity (Wildman–Crippen MR) is 72.3 cm³/mol. The van der Waals surface area contributed by atoms with Crippen LogP contribution in [0.15, 0.2) is 35.9 Å². The lowest BCUT2D eigenvalue weighted by Gasteiger charge is -2.20. The Morgan fingerprint density at radius 2 is 1.56 bits per heavy atom. The van der Waals surface area contributed by atoms with E-state index < -0.39 is 0 Å². The van der Waals surface area contributed by atoms with Gasteiger partial charge in [0.05, 0.1) is 0 Å². The van der Waals surface area contributed by atoms with Gasteiger partial charge in [0, 0.05) is 16.7 Å². The summed E-state index contributed by atoms with van der Waals surface area (Å²) in [7, 11) is 0. The van der Waals surface area contributed by atoms with Gasteiger partial charge in [-0.05, 0) is 24.8 Å². The van der Waals surface area contributed by atoms with E-state index in [1.807, 2.05) is 13.8 Å². The van der Waals surface area contributed by atoms with Crippen molar-refractivity contribution in [3.05, 3.63) is 47.0 Å². The Morgan fingerprint density at radius 3 is 2.11 bits per heavy atom. The van der Waals surface area contributed by atoms with Crippen LogP contribution in [0, 0.1) is 5.92 Å². The van der Waals surface area contributed by atoms with Crippen LogP contribution in [-0.2, 0) is 0 Å². The Hall–Kier alpha value is -1.74. The maximum absolute atomic E-state index is 12.3. The molecule has 0 aromatic heterocycles. The highest BCUT2D eigenvalue weighted by Gasteiger charge is 2.28. The second-order valence-corrected chi connectivity index (χ2v) is 4.35. The van der Waals surface area contributed by atoms with E-state index in [0.717, 1.165) is 12.8 Å². The molecule has 0 radical (unpaired) electrons. The van der Waals surface area contributed by atoms with Crippen LogP contribution in [0.3, 0.4) is 0 Å². The van der Waals surface area contributed by atoms with Crippen LogP contribution < -0.4 is 6.15 Å². The van der Waals surface area contributed by atoms with Gasteiger partial charge in [0.15, 0.2) is 11.6 Å². The fourth-order valence-corrected chi connectivity index (χ4v) is 2.37. The van der Waals surface area contributed by atoms with Crippen LogP contribution in [-0.4, -0.2) is 11.6 Å². The number of rotatable bonds is 3. The lowest BCUT2D eigenvalue weighted by molar-refractivity contribution is 0.0973. The van der Waals surface area contributed by atoms with Gasteiger partial charge >= 0.3 is 0 Å². The molecule has 0 saturated carbocycles. The molecule has 0 heterocycles. The number of Topliss-reactive ketones (excluding diaryl/α,β-unsaturated/α-hetero) is 1. The minimum Gasteiger partial charge on any atom is -0.344 e. The zero-order valence-corrected chi connectivity index (χ0v) is 10.9. The molecule has 0 unspecified atom stereocenters. The van der Waals surface area contributed by atoms with Crippen LogP contribution in [0.25, 0.3) is 0 Å². The third-order valence-corrected chi connectivity index (χ3v) is 3.41. The molecular formula is C15H19NO2. The summed E-state index contributed by atoms with van der Waals surface area (Å²) >= 11 is 0. The summed E-state index contributed by atoms with van der Waals surface area (Å²) in [6.45, 7) is 4.10. The molecule has 0 fully saturated rings. The smallest absolute Gasteiger partial charge is 0.190 e. The van der Waals surface area contributed by atoms with Gasteiger partial charge in [-0.3, -0.25) is 9.59 Å².